The zero-order valence-electron chi connectivity index (χ0n) is 21.1. The molecule has 0 saturated carbocycles. The highest BCUT2D eigenvalue weighted by atomic mass is 16.8. The number of rotatable bonds is 13. The lowest BCUT2D eigenvalue weighted by atomic mass is 10.1. The van der Waals surface area contributed by atoms with Gasteiger partial charge in [-0.15, -0.1) is 0 Å². The molecule has 0 saturated heterocycles. The molecule has 3 aliphatic rings. The van der Waals surface area contributed by atoms with E-state index in [2.05, 4.69) is 11.2 Å². The van der Waals surface area contributed by atoms with Crippen LogP contribution in [0.1, 0.15) is 30.3 Å². The normalized spacial score (nSPS) is 23.2. The first-order valence-corrected chi connectivity index (χ1v) is 12.7. The van der Waals surface area contributed by atoms with E-state index in [4.69, 9.17) is 39.9 Å². The van der Waals surface area contributed by atoms with E-state index in [9.17, 15) is 0 Å². The lowest BCUT2D eigenvalue weighted by Gasteiger charge is -2.23. The number of aliphatic imine (C=N–C) groups is 1. The zero-order chi connectivity index (χ0) is 26.2. The van der Waals surface area contributed by atoms with Gasteiger partial charge in [-0.3, -0.25) is 0 Å². The van der Waals surface area contributed by atoms with Crippen LogP contribution in [0.4, 0.5) is 11.4 Å². The van der Waals surface area contributed by atoms with Crippen molar-refractivity contribution in [3.05, 3.63) is 96.5 Å². The highest BCUT2D eigenvalue weighted by Crippen LogP contribution is 2.32. The number of nitrogen functional groups attached to an aromatic ring is 2. The van der Waals surface area contributed by atoms with E-state index in [1.54, 1.807) is 0 Å². The Bertz CT molecular complexity index is 1220. The molecule has 0 amide bonds. The van der Waals surface area contributed by atoms with Crippen molar-refractivity contribution in [1.82, 2.24) is 4.99 Å². The topological polar surface area (TPSA) is 122 Å². The summed E-state index contributed by atoms with van der Waals surface area (Å²) in [5, 5.41) is 0. The summed E-state index contributed by atoms with van der Waals surface area (Å²) >= 11 is 0. The quantitative estimate of drug-likeness (QED) is 0.233. The van der Waals surface area contributed by atoms with Crippen LogP contribution >= 0.6 is 0 Å². The van der Waals surface area contributed by atoms with Gasteiger partial charge in [-0.2, -0.15) is 0 Å². The van der Waals surface area contributed by atoms with Gasteiger partial charge in [0.15, 0.2) is 18.7 Å². The number of ether oxygens (including phenoxy) is 6. The maximum Gasteiger partial charge on any atom is 0.403 e. The van der Waals surface area contributed by atoms with Crippen molar-refractivity contribution in [2.75, 3.05) is 37.8 Å². The average Bonchev–Trinajstić information content (AvgIpc) is 3.69. The largest absolute Gasteiger partial charge is 0.463 e. The second kappa shape index (κ2) is 11.8. The molecule has 4 N–H and O–H groups in total. The SMILES string of the molecule is Nc1ccccc1CC1OC=C(OCCC[N+]2(CCCOC3=COC(c4ccccc4N)O3)C=C[N+]=C2)O1. The van der Waals surface area contributed by atoms with Gasteiger partial charge >= 0.3 is 24.4 Å². The molecule has 3 unspecified atom stereocenters. The molecule has 0 aromatic heterocycles. The second-order valence-electron chi connectivity index (χ2n) is 9.19. The van der Waals surface area contributed by atoms with Gasteiger partial charge in [-0.05, 0) is 23.8 Å². The van der Waals surface area contributed by atoms with Crippen LogP contribution in [0.5, 0.6) is 0 Å². The Morgan fingerprint density at radius 3 is 2.21 bits per heavy atom. The number of quaternary nitrogens is 1. The maximum absolute atomic E-state index is 6.01. The Hall–Kier alpha value is -4.31. The van der Waals surface area contributed by atoms with Crippen LogP contribution in [0.25, 0.3) is 0 Å². The third kappa shape index (κ3) is 6.33. The molecule has 10 nitrogen and oxygen atoms in total. The smallest absolute Gasteiger partial charge is 0.403 e. The molecule has 1 radical (unpaired) electrons. The molecule has 10 heteroatoms. The molecule has 3 aliphatic heterocycles. The summed E-state index contributed by atoms with van der Waals surface area (Å²) in [6, 6.07) is 15.1. The molecule has 0 spiro atoms. The number of benzene rings is 2. The van der Waals surface area contributed by atoms with Crippen LogP contribution in [0, 0.1) is 0 Å². The molecular weight excluding hydrogens is 488 g/mol. The van der Waals surface area contributed by atoms with Gasteiger partial charge in [0, 0.05) is 30.6 Å². The van der Waals surface area contributed by atoms with Gasteiger partial charge in [0.1, 0.15) is 4.99 Å². The van der Waals surface area contributed by atoms with E-state index in [1.165, 1.54) is 12.5 Å². The number of para-hydroxylation sites is 2. The number of nitrogens with two attached hydrogens (primary N) is 2. The van der Waals surface area contributed by atoms with E-state index in [0.29, 0.717) is 41.7 Å². The van der Waals surface area contributed by atoms with Crippen molar-refractivity contribution in [3.8, 4) is 0 Å². The maximum atomic E-state index is 6.01. The van der Waals surface area contributed by atoms with E-state index < -0.39 is 12.6 Å². The van der Waals surface area contributed by atoms with Crippen LogP contribution in [0.3, 0.4) is 0 Å². The summed E-state index contributed by atoms with van der Waals surface area (Å²) < 4.78 is 34.8. The van der Waals surface area contributed by atoms with Crippen molar-refractivity contribution in [3.63, 3.8) is 0 Å². The highest BCUT2D eigenvalue weighted by Gasteiger charge is 2.33. The molecule has 38 heavy (non-hydrogen) atoms. The van der Waals surface area contributed by atoms with Crippen molar-refractivity contribution in [1.29, 1.82) is 0 Å². The van der Waals surface area contributed by atoms with Gasteiger partial charge in [0.05, 0.1) is 31.9 Å². The predicted octanol–water partition coefficient (Wildman–Crippen LogP) is 3.59. The summed E-state index contributed by atoms with van der Waals surface area (Å²) in [4.78, 5) is 4.31. The predicted molar refractivity (Wildman–Crippen MR) is 141 cm³/mol. The van der Waals surface area contributed by atoms with Gasteiger partial charge in [-0.25, -0.2) is 4.48 Å². The van der Waals surface area contributed by atoms with E-state index in [0.717, 1.165) is 42.7 Å². The first-order chi connectivity index (χ1) is 18.6. The first-order valence-electron chi connectivity index (χ1n) is 12.7. The summed E-state index contributed by atoms with van der Waals surface area (Å²) in [6.07, 6.45) is 9.97. The van der Waals surface area contributed by atoms with Crippen molar-refractivity contribution < 1.29 is 32.9 Å². The lowest BCUT2D eigenvalue weighted by molar-refractivity contribution is -0.780. The number of hydrogen-bond donors (Lipinski definition) is 2. The molecule has 0 aliphatic carbocycles. The molecule has 2 aromatic carbocycles. The Kier molecular flexibility index (Phi) is 7.89. The molecule has 3 heterocycles. The number of anilines is 2. The minimum Gasteiger partial charge on any atom is -0.463 e. The van der Waals surface area contributed by atoms with Crippen LogP contribution < -0.4 is 16.5 Å². The standard InChI is InChI=1S/C28H33N4O6/c29-23-9-3-1-7-21(23)17-25-35-18-26(37-25)33-15-5-12-32(14-11-31-20-32)13-6-16-34-27-19-36-28(38-27)22-8-2-4-10-24(22)30/h1-4,7-11,14,18-20,25,28H,5-6,12-13,15-17,29-30H2/q+2. The fourth-order valence-electron chi connectivity index (χ4n) is 4.40. The summed E-state index contributed by atoms with van der Waals surface area (Å²) in [7, 11) is 0. The summed E-state index contributed by atoms with van der Waals surface area (Å²) in [5.74, 6) is 0.738. The highest BCUT2D eigenvalue weighted by molar-refractivity contribution is 5.49. The molecule has 3 atom stereocenters. The zero-order valence-corrected chi connectivity index (χ0v) is 21.1. The molecular formula is C28H33N4O6+2. The Morgan fingerprint density at radius 2 is 1.50 bits per heavy atom. The third-order valence-corrected chi connectivity index (χ3v) is 6.44. The van der Waals surface area contributed by atoms with Crippen molar-refractivity contribution in [2.45, 2.75) is 31.8 Å². The monoisotopic (exact) mass is 521 g/mol. The van der Waals surface area contributed by atoms with Gasteiger partial charge in [-0.1, -0.05) is 30.3 Å². The van der Waals surface area contributed by atoms with Crippen LogP contribution in [-0.4, -0.2) is 43.4 Å². The van der Waals surface area contributed by atoms with Crippen LogP contribution in [0.2, 0.25) is 0 Å². The van der Waals surface area contributed by atoms with E-state index in [-0.39, 0.29) is 0 Å². The number of hydrogen-bond acceptors (Lipinski definition) is 9. The Morgan fingerprint density at radius 1 is 0.816 bits per heavy atom. The first kappa shape index (κ1) is 25.3. The summed E-state index contributed by atoms with van der Waals surface area (Å²) in [6.45, 7) is 2.63. The van der Waals surface area contributed by atoms with Gasteiger partial charge < -0.3 is 39.9 Å². The second-order valence-corrected chi connectivity index (χ2v) is 9.19. The van der Waals surface area contributed by atoms with Crippen molar-refractivity contribution >= 4 is 17.7 Å². The number of nitrogens with zero attached hydrogens (tertiary/aromatic N) is 2. The molecule has 2 aromatic rings. The third-order valence-electron chi connectivity index (χ3n) is 6.44. The van der Waals surface area contributed by atoms with Crippen LogP contribution in [0.15, 0.2) is 85.3 Å². The Balaban J connectivity index is 0.986. The molecule has 5 rings (SSSR count). The van der Waals surface area contributed by atoms with E-state index in [1.807, 2.05) is 61.1 Å². The summed E-state index contributed by atoms with van der Waals surface area (Å²) in [5.41, 5.74) is 15.1. The van der Waals surface area contributed by atoms with Gasteiger partial charge in [0.2, 0.25) is 6.29 Å². The molecule has 0 fully saturated rings. The minimum absolute atomic E-state index is 0.351. The van der Waals surface area contributed by atoms with Crippen LogP contribution in [-0.2, 0) is 34.8 Å². The molecule has 199 valence electrons. The fraction of sp³-hybridized carbons (Fsp3) is 0.321. The minimum atomic E-state index is -0.589. The molecule has 0 bridgehead atoms. The lowest BCUT2D eigenvalue weighted by Crippen LogP contribution is -2.42. The fourth-order valence-corrected chi connectivity index (χ4v) is 4.40. The van der Waals surface area contributed by atoms with Crippen molar-refractivity contribution in [2.24, 2.45) is 0 Å². The Labute approximate surface area is 221 Å². The average molecular weight is 522 g/mol. The van der Waals surface area contributed by atoms with E-state index >= 15 is 0 Å². The van der Waals surface area contributed by atoms with Gasteiger partial charge in [0.25, 0.3) is 6.29 Å².